The van der Waals surface area contributed by atoms with Crippen LogP contribution < -0.4 is 19.1 Å². The summed E-state index contributed by atoms with van der Waals surface area (Å²) in [4.78, 5) is 27.7. The van der Waals surface area contributed by atoms with Crippen molar-refractivity contribution in [3.05, 3.63) is 89.5 Å². The van der Waals surface area contributed by atoms with Gasteiger partial charge in [-0.25, -0.2) is 0 Å². The molecule has 1 unspecified atom stereocenters. The molecule has 3 aromatic rings. The largest absolute Gasteiger partial charge is 0.573 e. The molecule has 10 heteroatoms. The number of hydrogen-bond acceptors (Lipinski definition) is 6. The number of nitrogens with zero attached hydrogens (tertiary/aromatic N) is 1. The van der Waals surface area contributed by atoms with Crippen molar-refractivity contribution in [1.82, 2.24) is 0 Å². The molecule has 0 saturated carbocycles. The van der Waals surface area contributed by atoms with E-state index < -0.39 is 35.6 Å². The Kier molecular flexibility index (Phi) is 7.85. The van der Waals surface area contributed by atoms with Gasteiger partial charge in [0.1, 0.15) is 23.0 Å². The van der Waals surface area contributed by atoms with Gasteiger partial charge in [0.15, 0.2) is 0 Å². The number of hydrogen-bond donors (Lipinski definition) is 1. The van der Waals surface area contributed by atoms with Gasteiger partial charge in [-0.05, 0) is 60.0 Å². The molecule has 3 aromatic carbocycles. The van der Waals surface area contributed by atoms with E-state index in [2.05, 4.69) is 4.74 Å². The minimum Gasteiger partial charge on any atom is -0.507 e. The summed E-state index contributed by atoms with van der Waals surface area (Å²) in [5, 5.41) is 11.3. The molecule has 0 aliphatic carbocycles. The normalized spacial score (nSPS) is 17.0. The van der Waals surface area contributed by atoms with Crippen LogP contribution in [-0.4, -0.2) is 36.9 Å². The van der Waals surface area contributed by atoms with Gasteiger partial charge in [-0.1, -0.05) is 38.1 Å². The molecule has 0 spiro atoms. The first kappa shape index (κ1) is 27.6. The van der Waals surface area contributed by atoms with Crippen molar-refractivity contribution < 1.29 is 42.1 Å². The fourth-order valence-corrected chi connectivity index (χ4v) is 4.16. The van der Waals surface area contributed by atoms with E-state index in [0.29, 0.717) is 23.7 Å². The fourth-order valence-electron chi connectivity index (χ4n) is 4.16. The molecular weight excluding hydrogens is 515 g/mol. The molecule has 1 fully saturated rings. The number of aliphatic hydroxyl groups is 1. The van der Waals surface area contributed by atoms with E-state index in [9.17, 15) is 27.9 Å². The Balaban J connectivity index is 1.81. The molecule has 1 saturated heterocycles. The molecular formula is C29H26F3NO6. The lowest BCUT2D eigenvalue weighted by molar-refractivity contribution is -0.274. The number of ketones is 1. The average molecular weight is 542 g/mol. The number of carbonyl (C=O) groups is 2. The molecule has 1 N–H and O–H groups in total. The van der Waals surface area contributed by atoms with E-state index in [1.807, 2.05) is 13.8 Å². The number of methoxy groups -OCH3 is 1. The molecule has 0 aromatic heterocycles. The third-order valence-corrected chi connectivity index (χ3v) is 5.92. The van der Waals surface area contributed by atoms with Crippen LogP contribution in [0, 0.1) is 5.92 Å². The van der Waals surface area contributed by atoms with Crippen LogP contribution in [-0.2, 0) is 9.59 Å². The topological polar surface area (TPSA) is 85.3 Å². The summed E-state index contributed by atoms with van der Waals surface area (Å²) in [5.41, 5.74) is 0.698. The lowest BCUT2D eigenvalue weighted by atomic mass is 9.95. The highest BCUT2D eigenvalue weighted by atomic mass is 19.4. The molecule has 1 amide bonds. The number of Topliss-reactive ketones (excluding diaryl/α,β-unsaturated/α-hetero) is 1. The van der Waals surface area contributed by atoms with E-state index in [1.165, 1.54) is 19.2 Å². The number of aliphatic hydroxyl groups excluding tert-OH is 1. The summed E-state index contributed by atoms with van der Waals surface area (Å²) in [6.07, 6.45) is -4.89. The standard InChI is InChI=1S/C29H26F3NO6/c1-17(2)16-38-23-6-4-5-19(15-23)26(34)24-25(18-7-11-21(37-3)12-8-18)33(28(36)27(24)35)20-9-13-22(14-10-20)39-29(30,31)32/h4-15,17,25,34H,16H2,1-3H3/b26-24-. The Morgan fingerprint density at radius 3 is 2.18 bits per heavy atom. The van der Waals surface area contributed by atoms with Crippen LogP contribution in [0.25, 0.3) is 5.76 Å². The summed E-state index contributed by atoms with van der Waals surface area (Å²) in [5.74, 6) is -1.53. The molecule has 0 bridgehead atoms. The van der Waals surface area contributed by atoms with Crippen molar-refractivity contribution in [1.29, 1.82) is 0 Å². The highest BCUT2D eigenvalue weighted by molar-refractivity contribution is 6.51. The van der Waals surface area contributed by atoms with Gasteiger partial charge in [-0.3, -0.25) is 14.5 Å². The Bertz CT molecular complexity index is 1380. The summed E-state index contributed by atoms with van der Waals surface area (Å²) >= 11 is 0. The summed E-state index contributed by atoms with van der Waals surface area (Å²) in [7, 11) is 1.49. The molecule has 1 heterocycles. The molecule has 204 valence electrons. The molecule has 7 nitrogen and oxygen atoms in total. The zero-order chi connectivity index (χ0) is 28.3. The van der Waals surface area contributed by atoms with Crippen molar-refractivity contribution in [2.45, 2.75) is 26.3 Å². The second-order valence-corrected chi connectivity index (χ2v) is 9.22. The van der Waals surface area contributed by atoms with Crippen LogP contribution in [0.5, 0.6) is 17.2 Å². The highest BCUT2D eigenvalue weighted by Gasteiger charge is 2.47. The van der Waals surface area contributed by atoms with Crippen molar-refractivity contribution >= 4 is 23.1 Å². The average Bonchev–Trinajstić information content (AvgIpc) is 3.17. The number of carbonyl (C=O) groups excluding carboxylic acids is 2. The number of benzene rings is 3. The van der Waals surface area contributed by atoms with Crippen molar-refractivity contribution in [3.63, 3.8) is 0 Å². The lowest BCUT2D eigenvalue weighted by Gasteiger charge is -2.26. The van der Waals surface area contributed by atoms with Gasteiger partial charge >= 0.3 is 6.36 Å². The lowest BCUT2D eigenvalue weighted by Crippen LogP contribution is -2.29. The zero-order valence-corrected chi connectivity index (χ0v) is 21.4. The molecule has 1 aliphatic heterocycles. The van der Waals surface area contributed by atoms with E-state index in [0.717, 1.165) is 17.0 Å². The van der Waals surface area contributed by atoms with E-state index in [1.54, 1.807) is 48.5 Å². The first-order chi connectivity index (χ1) is 18.5. The van der Waals surface area contributed by atoms with E-state index >= 15 is 0 Å². The maximum absolute atomic E-state index is 13.3. The number of halogens is 3. The van der Waals surface area contributed by atoms with Gasteiger partial charge in [0.2, 0.25) is 0 Å². The molecule has 0 radical (unpaired) electrons. The molecule has 1 atom stereocenters. The Morgan fingerprint density at radius 1 is 0.949 bits per heavy atom. The van der Waals surface area contributed by atoms with Crippen molar-refractivity contribution in [3.8, 4) is 17.2 Å². The third-order valence-electron chi connectivity index (χ3n) is 5.92. The minimum atomic E-state index is -4.89. The van der Waals surface area contributed by atoms with Gasteiger partial charge in [-0.15, -0.1) is 13.2 Å². The highest BCUT2D eigenvalue weighted by Crippen LogP contribution is 2.43. The first-order valence-electron chi connectivity index (χ1n) is 12.0. The Labute approximate surface area is 223 Å². The number of ether oxygens (including phenoxy) is 3. The summed E-state index contributed by atoms with van der Waals surface area (Å²) < 4.78 is 52.8. The van der Waals surface area contributed by atoms with Gasteiger partial charge in [0, 0.05) is 11.3 Å². The van der Waals surface area contributed by atoms with Gasteiger partial charge in [0.25, 0.3) is 11.7 Å². The Morgan fingerprint density at radius 2 is 1.59 bits per heavy atom. The predicted octanol–water partition coefficient (Wildman–Crippen LogP) is 6.25. The van der Waals surface area contributed by atoms with E-state index in [4.69, 9.17) is 9.47 Å². The van der Waals surface area contributed by atoms with Crippen LogP contribution in [0.1, 0.15) is 31.0 Å². The van der Waals surface area contributed by atoms with Crippen LogP contribution in [0.4, 0.5) is 18.9 Å². The van der Waals surface area contributed by atoms with Crippen LogP contribution in [0.3, 0.4) is 0 Å². The van der Waals surface area contributed by atoms with Crippen LogP contribution >= 0.6 is 0 Å². The van der Waals surface area contributed by atoms with Gasteiger partial charge in [-0.2, -0.15) is 0 Å². The smallest absolute Gasteiger partial charge is 0.507 e. The SMILES string of the molecule is COc1ccc(C2/C(=C(/O)c3cccc(OCC(C)C)c3)C(=O)C(=O)N2c2ccc(OC(F)(F)F)cc2)cc1. The Hall–Kier alpha value is -4.47. The van der Waals surface area contributed by atoms with Gasteiger partial charge < -0.3 is 19.3 Å². The first-order valence-corrected chi connectivity index (χ1v) is 12.0. The monoisotopic (exact) mass is 541 g/mol. The van der Waals surface area contributed by atoms with Crippen LogP contribution in [0.15, 0.2) is 78.4 Å². The summed E-state index contributed by atoms with van der Waals surface area (Å²) in [6, 6.07) is 16.6. The third kappa shape index (κ3) is 6.17. The quantitative estimate of drug-likeness (QED) is 0.206. The maximum atomic E-state index is 13.3. The van der Waals surface area contributed by atoms with Crippen molar-refractivity contribution in [2.24, 2.45) is 5.92 Å². The number of anilines is 1. The summed E-state index contributed by atoms with van der Waals surface area (Å²) in [6.45, 7) is 4.42. The zero-order valence-electron chi connectivity index (χ0n) is 21.4. The molecule has 4 rings (SSSR count). The van der Waals surface area contributed by atoms with Gasteiger partial charge in [0.05, 0.1) is 25.3 Å². The second kappa shape index (κ2) is 11.1. The second-order valence-electron chi connectivity index (χ2n) is 9.22. The number of alkyl halides is 3. The number of amides is 1. The molecule has 1 aliphatic rings. The molecule has 39 heavy (non-hydrogen) atoms. The number of rotatable bonds is 8. The van der Waals surface area contributed by atoms with Crippen molar-refractivity contribution in [2.75, 3.05) is 18.6 Å². The fraction of sp³-hybridized carbons (Fsp3) is 0.241. The maximum Gasteiger partial charge on any atom is 0.573 e. The predicted molar refractivity (Wildman–Crippen MR) is 138 cm³/mol. The van der Waals surface area contributed by atoms with Crippen LogP contribution in [0.2, 0.25) is 0 Å². The minimum absolute atomic E-state index is 0.139. The van der Waals surface area contributed by atoms with E-state index in [-0.39, 0.29) is 22.7 Å².